The van der Waals surface area contributed by atoms with Crippen molar-refractivity contribution in [3.8, 4) is 0 Å². The van der Waals surface area contributed by atoms with Crippen LogP contribution < -0.4 is 17.2 Å². The van der Waals surface area contributed by atoms with Crippen LogP contribution in [0.15, 0.2) is 0 Å². The molecule has 0 aliphatic carbocycles. The molecular formula is C13H16N4O2S. The van der Waals surface area contributed by atoms with Crippen LogP contribution in [0.3, 0.4) is 0 Å². The molecule has 0 saturated heterocycles. The summed E-state index contributed by atoms with van der Waals surface area (Å²) >= 11 is 1.50. The van der Waals surface area contributed by atoms with Crippen molar-refractivity contribution in [2.45, 2.75) is 32.5 Å². The van der Waals surface area contributed by atoms with E-state index in [0.29, 0.717) is 12.3 Å². The number of pyridine rings is 1. The maximum Gasteiger partial charge on any atom is 0.254 e. The molecule has 0 radical (unpaired) electrons. The summed E-state index contributed by atoms with van der Waals surface area (Å²) in [5, 5.41) is 0.796. The molecule has 0 fully saturated rings. The van der Waals surface area contributed by atoms with Crippen LogP contribution in [0.25, 0.3) is 10.2 Å². The van der Waals surface area contributed by atoms with Crippen molar-refractivity contribution in [1.29, 1.82) is 0 Å². The zero-order valence-corrected chi connectivity index (χ0v) is 12.1. The van der Waals surface area contributed by atoms with Crippen LogP contribution in [0.2, 0.25) is 0 Å². The Labute approximate surface area is 119 Å². The number of primary amides is 1. The minimum atomic E-state index is -0.652. The molecule has 0 atom stereocenters. The summed E-state index contributed by atoms with van der Waals surface area (Å²) in [6.45, 7) is 4.57. The average molecular weight is 292 g/mol. The lowest BCUT2D eigenvalue weighted by atomic mass is 9.93. The van der Waals surface area contributed by atoms with Gasteiger partial charge in [0.2, 0.25) is 0 Å². The summed E-state index contributed by atoms with van der Waals surface area (Å²) in [5.74, 6) is -0.568. The van der Waals surface area contributed by atoms with Gasteiger partial charge in [0.15, 0.2) is 0 Å². The highest BCUT2D eigenvalue weighted by molar-refractivity contribution is 7.19. The van der Waals surface area contributed by atoms with Crippen molar-refractivity contribution in [2.75, 3.05) is 11.5 Å². The monoisotopic (exact) mass is 292 g/mol. The van der Waals surface area contributed by atoms with Gasteiger partial charge in [0.25, 0.3) is 5.91 Å². The Balaban J connectivity index is 2.33. The summed E-state index contributed by atoms with van der Waals surface area (Å²) in [7, 11) is 0. The number of amides is 1. The van der Waals surface area contributed by atoms with Gasteiger partial charge in [-0.15, -0.1) is 11.3 Å². The minimum Gasteiger partial charge on any atom is -0.397 e. The zero-order valence-electron chi connectivity index (χ0n) is 11.3. The molecule has 1 aliphatic heterocycles. The fourth-order valence-electron chi connectivity index (χ4n) is 2.58. The molecule has 0 aromatic carbocycles. The minimum absolute atomic E-state index is 0.0845. The maximum atomic E-state index is 11.5. The second-order valence-electron chi connectivity index (χ2n) is 5.56. The number of rotatable bonds is 1. The second-order valence-corrected chi connectivity index (χ2v) is 6.64. The third kappa shape index (κ3) is 1.82. The largest absolute Gasteiger partial charge is 0.397 e. The number of ether oxygens (including phenoxy) is 1. The maximum absolute atomic E-state index is 11.5. The van der Waals surface area contributed by atoms with Crippen LogP contribution in [0.5, 0.6) is 0 Å². The molecule has 2 aromatic rings. The molecule has 1 aliphatic rings. The van der Waals surface area contributed by atoms with Gasteiger partial charge in [0.05, 0.1) is 17.9 Å². The molecule has 3 rings (SSSR count). The first-order valence-electron chi connectivity index (χ1n) is 6.23. The highest BCUT2D eigenvalue weighted by Crippen LogP contribution is 2.42. The number of thiophene rings is 1. The molecule has 7 heteroatoms. The standard InChI is InChI=1S/C13H16N4O2S/c1-13(2)3-5-6(4-19-13)20-12-7(5)9(14)8(11(16)18)10(15)17-12/h3-4H2,1-2H3,(H2,16,18)(H4,14,15,17). The highest BCUT2D eigenvalue weighted by atomic mass is 32.1. The van der Waals surface area contributed by atoms with Crippen molar-refractivity contribution in [1.82, 2.24) is 4.98 Å². The first kappa shape index (κ1) is 13.1. The summed E-state index contributed by atoms with van der Waals surface area (Å²) in [6.07, 6.45) is 0.719. The number of hydrogen-bond donors (Lipinski definition) is 3. The number of nitrogen functional groups attached to an aromatic ring is 2. The Hall–Kier alpha value is -1.86. The summed E-state index contributed by atoms with van der Waals surface area (Å²) in [4.78, 5) is 17.6. The Morgan fingerprint density at radius 1 is 1.40 bits per heavy atom. The summed E-state index contributed by atoms with van der Waals surface area (Å²) < 4.78 is 5.79. The number of carbonyl (C=O) groups excluding carboxylic acids is 1. The van der Waals surface area contributed by atoms with Gasteiger partial charge in [-0.3, -0.25) is 4.79 Å². The van der Waals surface area contributed by atoms with Crippen LogP contribution >= 0.6 is 11.3 Å². The SMILES string of the molecule is CC1(C)Cc2c(sc3nc(N)c(C(N)=O)c(N)c23)CO1. The topological polar surface area (TPSA) is 117 Å². The van der Waals surface area contributed by atoms with Crippen molar-refractivity contribution in [3.63, 3.8) is 0 Å². The molecule has 2 aromatic heterocycles. The van der Waals surface area contributed by atoms with Crippen molar-refractivity contribution in [3.05, 3.63) is 16.0 Å². The number of nitrogens with two attached hydrogens (primary N) is 3. The van der Waals surface area contributed by atoms with Crippen LogP contribution in [0.4, 0.5) is 11.5 Å². The van der Waals surface area contributed by atoms with Crippen molar-refractivity contribution in [2.24, 2.45) is 5.73 Å². The number of aromatic nitrogens is 1. The van der Waals surface area contributed by atoms with Gasteiger partial charge in [-0.25, -0.2) is 4.98 Å². The van der Waals surface area contributed by atoms with E-state index < -0.39 is 5.91 Å². The van der Waals surface area contributed by atoms with Gasteiger partial charge in [-0.1, -0.05) is 0 Å². The number of fused-ring (bicyclic) bond motifs is 3. The molecule has 1 amide bonds. The normalized spacial score (nSPS) is 17.1. The first-order valence-corrected chi connectivity index (χ1v) is 7.05. The smallest absolute Gasteiger partial charge is 0.254 e. The molecule has 0 unspecified atom stereocenters. The van der Waals surface area contributed by atoms with Gasteiger partial charge in [-0.05, 0) is 19.4 Å². The molecular weight excluding hydrogens is 276 g/mol. The molecule has 0 bridgehead atoms. The number of nitrogens with zero attached hydrogens (tertiary/aromatic N) is 1. The predicted molar refractivity (Wildman–Crippen MR) is 79.5 cm³/mol. The van der Waals surface area contributed by atoms with Crippen LogP contribution in [-0.4, -0.2) is 16.5 Å². The Bertz CT molecular complexity index is 736. The highest BCUT2D eigenvalue weighted by Gasteiger charge is 2.31. The third-order valence-electron chi connectivity index (χ3n) is 3.53. The fourth-order valence-corrected chi connectivity index (χ4v) is 3.71. The van der Waals surface area contributed by atoms with Gasteiger partial charge in [0.1, 0.15) is 16.2 Å². The number of carbonyl (C=O) groups is 1. The van der Waals surface area contributed by atoms with Crippen molar-refractivity contribution >= 4 is 39.0 Å². The second kappa shape index (κ2) is 4.07. The van der Waals surface area contributed by atoms with Crippen LogP contribution in [-0.2, 0) is 17.8 Å². The lowest BCUT2D eigenvalue weighted by Crippen LogP contribution is -2.31. The third-order valence-corrected chi connectivity index (χ3v) is 4.63. The van der Waals surface area contributed by atoms with E-state index in [1.807, 2.05) is 13.8 Å². The number of hydrogen-bond acceptors (Lipinski definition) is 6. The van der Waals surface area contributed by atoms with E-state index in [9.17, 15) is 4.79 Å². The quantitative estimate of drug-likeness (QED) is 0.734. The Morgan fingerprint density at radius 2 is 2.10 bits per heavy atom. The fraction of sp³-hybridized carbons (Fsp3) is 0.385. The molecule has 3 heterocycles. The van der Waals surface area contributed by atoms with Crippen LogP contribution in [0.1, 0.15) is 34.6 Å². The molecule has 6 nitrogen and oxygen atoms in total. The summed E-state index contributed by atoms with van der Waals surface area (Å²) in [5.41, 5.74) is 18.5. The molecule has 0 spiro atoms. The predicted octanol–water partition coefficient (Wildman–Crippen LogP) is 1.41. The van der Waals surface area contributed by atoms with E-state index in [1.54, 1.807) is 0 Å². The number of anilines is 2. The van der Waals surface area contributed by atoms with E-state index in [2.05, 4.69) is 4.98 Å². The molecule has 0 saturated carbocycles. The summed E-state index contributed by atoms with van der Waals surface area (Å²) in [6, 6.07) is 0. The first-order chi connectivity index (χ1) is 9.30. The zero-order chi connectivity index (χ0) is 14.7. The van der Waals surface area contributed by atoms with E-state index in [-0.39, 0.29) is 17.0 Å². The molecule has 6 N–H and O–H groups in total. The Morgan fingerprint density at radius 3 is 2.75 bits per heavy atom. The van der Waals surface area contributed by atoms with Gasteiger partial charge < -0.3 is 21.9 Å². The van der Waals surface area contributed by atoms with E-state index in [0.717, 1.165) is 27.1 Å². The van der Waals surface area contributed by atoms with Gasteiger partial charge >= 0.3 is 0 Å². The van der Waals surface area contributed by atoms with Crippen LogP contribution in [0, 0.1) is 0 Å². The average Bonchev–Trinajstić information content (AvgIpc) is 2.64. The van der Waals surface area contributed by atoms with E-state index >= 15 is 0 Å². The van der Waals surface area contributed by atoms with E-state index in [1.165, 1.54) is 11.3 Å². The Kier molecular flexibility index (Phi) is 2.67. The van der Waals surface area contributed by atoms with Gasteiger partial charge in [-0.2, -0.15) is 0 Å². The molecule has 106 valence electrons. The van der Waals surface area contributed by atoms with Crippen molar-refractivity contribution < 1.29 is 9.53 Å². The lowest BCUT2D eigenvalue weighted by Gasteiger charge is -2.30. The lowest BCUT2D eigenvalue weighted by molar-refractivity contribution is -0.0379. The van der Waals surface area contributed by atoms with E-state index in [4.69, 9.17) is 21.9 Å². The van der Waals surface area contributed by atoms with Gasteiger partial charge in [0, 0.05) is 16.7 Å². The molecule has 20 heavy (non-hydrogen) atoms.